The van der Waals surface area contributed by atoms with Crippen molar-refractivity contribution in [2.45, 2.75) is 0 Å². The summed E-state index contributed by atoms with van der Waals surface area (Å²) in [5, 5.41) is 0. The molecule has 3 N–H and O–H groups in total. The van der Waals surface area contributed by atoms with Crippen LogP contribution in [0.5, 0.6) is 0 Å². The van der Waals surface area contributed by atoms with E-state index < -0.39 is 0 Å². The standard InChI is InChI=1S/C10H9FN4/c11-8-3-1-2-7(4-8)9-5-10(15-12)14-6-13-9/h1-6H,12H2,(H,13,14,15). The molecule has 0 radical (unpaired) electrons. The van der Waals surface area contributed by atoms with Crippen molar-refractivity contribution in [1.29, 1.82) is 0 Å². The zero-order valence-corrected chi connectivity index (χ0v) is 7.81. The maximum Gasteiger partial charge on any atom is 0.143 e. The van der Waals surface area contributed by atoms with Crippen LogP contribution in [-0.4, -0.2) is 9.97 Å². The number of hydrogen-bond acceptors (Lipinski definition) is 4. The number of anilines is 1. The van der Waals surface area contributed by atoms with Gasteiger partial charge in [0.25, 0.3) is 0 Å². The summed E-state index contributed by atoms with van der Waals surface area (Å²) in [6.45, 7) is 0. The molecule has 0 spiro atoms. The van der Waals surface area contributed by atoms with Crippen LogP contribution >= 0.6 is 0 Å². The molecule has 0 aliphatic heterocycles. The van der Waals surface area contributed by atoms with Crippen molar-refractivity contribution in [3.8, 4) is 11.3 Å². The lowest BCUT2D eigenvalue weighted by Gasteiger charge is -2.02. The van der Waals surface area contributed by atoms with Gasteiger partial charge in [-0.1, -0.05) is 12.1 Å². The summed E-state index contributed by atoms with van der Waals surface area (Å²) in [4.78, 5) is 7.89. The Morgan fingerprint density at radius 1 is 1.20 bits per heavy atom. The average molecular weight is 204 g/mol. The lowest BCUT2D eigenvalue weighted by Crippen LogP contribution is -2.08. The van der Waals surface area contributed by atoms with E-state index in [1.165, 1.54) is 18.5 Å². The van der Waals surface area contributed by atoms with Crippen LogP contribution in [0.25, 0.3) is 11.3 Å². The summed E-state index contributed by atoms with van der Waals surface area (Å²) in [6.07, 6.45) is 1.37. The smallest absolute Gasteiger partial charge is 0.143 e. The van der Waals surface area contributed by atoms with Gasteiger partial charge in [-0.15, -0.1) is 0 Å². The molecule has 0 bridgehead atoms. The topological polar surface area (TPSA) is 63.8 Å². The second kappa shape index (κ2) is 4.02. The van der Waals surface area contributed by atoms with Crippen molar-refractivity contribution in [3.63, 3.8) is 0 Å². The lowest BCUT2D eigenvalue weighted by atomic mass is 10.1. The van der Waals surface area contributed by atoms with Gasteiger partial charge in [0.2, 0.25) is 0 Å². The second-order valence-corrected chi connectivity index (χ2v) is 2.94. The summed E-state index contributed by atoms with van der Waals surface area (Å²) in [5.41, 5.74) is 3.72. The monoisotopic (exact) mass is 204 g/mol. The number of nitrogens with zero attached hydrogens (tertiary/aromatic N) is 2. The number of nitrogens with one attached hydrogen (secondary N) is 1. The third kappa shape index (κ3) is 2.08. The molecule has 0 atom stereocenters. The highest BCUT2D eigenvalue weighted by atomic mass is 19.1. The number of aromatic nitrogens is 2. The molecule has 0 aliphatic rings. The minimum atomic E-state index is -0.298. The number of hydrogen-bond donors (Lipinski definition) is 2. The van der Waals surface area contributed by atoms with Crippen molar-refractivity contribution >= 4 is 5.82 Å². The molecule has 2 rings (SSSR count). The molecule has 0 fully saturated rings. The van der Waals surface area contributed by atoms with Gasteiger partial charge >= 0.3 is 0 Å². The van der Waals surface area contributed by atoms with Crippen LogP contribution in [0.4, 0.5) is 10.2 Å². The molecule has 0 aliphatic carbocycles. The van der Waals surface area contributed by atoms with Crippen LogP contribution in [0.15, 0.2) is 36.7 Å². The quantitative estimate of drug-likeness (QED) is 0.575. The molecular formula is C10H9FN4. The third-order valence-corrected chi connectivity index (χ3v) is 1.94. The zero-order valence-electron chi connectivity index (χ0n) is 7.81. The van der Waals surface area contributed by atoms with Gasteiger partial charge in [-0.2, -0.15) is 0 Å². The largest absolute Gasteiger partial charge is 0.308 e. The summed E-state index contributed by atoms with van der Waals surface area (Å²) < 4.78 is 13.0. The van der Waals surface area contributed by atoms with Gasteiger partial charge in [-0.3, -0.25) is 0 Å². The first-order chi connectivity index (χ1) is 7.29. The van der Waals surface area contributed by atoms with Crippen molar-refractivity contribution in [2.75, 3.05) is 5.43 Å². The summed E-state index contributed by atoms with van der Waals surface area (Å²) >= 11 is 0. The summed E-state index contributed by atoms with van der Waals surface area (Å²) in [7, 11) is 0. The summed E-state index contributed by atoms with van der Waals surface area (Å²) in [6, 6.07) is 7.83. The fourth-order valence-corrected chi connectivity index (χ4v) is 1.24. The van der Waals surface area contributed by atoms with E-state index >= 15 is 0 Å². The molecule has 5 heteroatoms. The van der Waals surface area contributed by atoms with Crippen LogP contribution in [0.1, 0.15) is 0 Å². The summed E-state index contributed by atoms with van der Waals surface area (Å²) in [5.74, 6) is 5.40. The highest BCUT2D eigenvalue weighted by Crippen LogP contribution is 2.18. The SMILES string of the molecule is NNc1cc(-c2cccc(F)c2)ncn1. The average Bonchev–Trinajstić information content (AvgIpc) is 2.29. The molecule has 0 amide bonds. The second-order valence-electron chi connectivity index (χ2n) is 2.94. The van der Waals surface area contributed by atoms with Gasteiger partial charge in [0.05, 0.1) is 5.69 Å². The van der Waals surface area contributed by atoms with E-state index in [9.17, 15) is 4.39 Å². The Labute approximate surface area is 86.0 Å². The van der Waals surface area contributed by atoms with E-state index in [4.69, 9.17) is 5.84 Å². The van der Waals surface area contributed by atoms with Crippen LogP contribution in [0.2, 0.25) is 0 Å². The molecule has 76 valence electrons. The highest BCUT2D eigenvalue weighted by molar-refractivity contribution is 5.61. The van der Waals surface area contributed by atoms with E-state index in [0.717, 1.165) is 0 Å². The molecule has 4 nitrogen and oxygen atoms in total. The van der Waals surface area contributed by atoms with Crippen molar-refractivity contribution in [2.24, 2.45) is 5.84 Å². The highest BCUT2D eigenvalue weighted by Gasteiger charge is 2.01. The maximum atomic E-state index is 13.0. The molecular weight excluding hydrogens is 195 g/mol. The van der Waals surface area contributed by atoms with Crippen molar-refractivity contribution < 1.29 is 4.39 Å². The van der Waals surface area contributed by atoms with E-state index in [0.29, 0.717) is 17.1 Å². The van der Waals surface area contributed by atoms with E-state index in [1.807, 2.05) is 0 Å². The van der Waals surface area contributed by atoms with Crippen LogP contribution in [-0.2, 0) is 0 Å². The third-order valence-electron chi connectivity index (χ3n) is 1.94. The fraction of sp³-hybridized carbons (Fsp3) is 0. The van der Waals surface area contributed by atoms with Crippen LogP contribution in [0, 0.1) is 5.82 Å². The predicted molar refractivity (Wildman–Crippen MR) is 55.2 cm³/mol. The molecule has 0 saturated heterocycles. The first kappa shape index (κ1) is 9.54. The number of benzene rings is 1. The van der Waals surface area contributed by atoms with Crippen LogP contribution in [0.3, 0.4) is 0 Å². The minimum absolute atomic E-state index is 0.298. The Balaban J connectivity index is 2.44. The molecule has 1 aromatic heterocycles. The number of halogens is 1. The van der Waals surface area contributed by atoms with Crippen molar-refractivity contribution in [3.05, 3.63) is 42.5 Å². The first-order valence-corrected chi connectivity index (χ1v) is 4.34. The van der Waals surface area contributed by atoms with Gasteiger partial charge < -0.3 is 5.43 Å². The normalized spacial score (nSPS) is 10.0. The molecule has 1 aromatic carbocycles. The molecule has 2 aromatic rings. The van der Waals surface area contributed by atoms with Crippen LogP contribution < -0.4 is 11.3 Å². The fourth-order valence-electron chi connectivity index (χ4n) is 1.24. The Hall–Kier alpha value is -2.01. The van der Waals surface area contributed by atoms with Crippen molar-refractivity contribution in [1.82, 2.24) is 9.97 Å². The Morgan fingerprint density at radius 2 is 2.07 bits per heavy atom. The maximum absolute atomic E-state index is 13.0. The van der Waals surface area contributed by atoms with Gasteiger partial charge in [0, 0.05) is 11.6 Å². The number of nitrogens with two attached hydrogens (primary N) is 1. The van der Waals surface area contributed by atoms with E-state index in [1.54, 1.807) is 18.2 Å². The number of rotatable bonds is 2. The lowest BCUT2D eigenvalue weighted by molar-refractivity contribution is 0.628. The number of nitrogen functional groups attached to an aromatic ring is 1. The number of hydrazine groups is 1. The Morgan fingerprint density at radius 3 is 2.80 bits per heavy atom. The molecule has 1 heterocycles. The first-order valence-electron chi connectivity index (χ1n) is 4.34. The van der Waals surface area contributed by atoms with Gasteiger partial charge in [-0.05, 0) is 12.1 Å². The van der Waals surface area contributed by atoms with E-state index in [2.05, 4.69) is 15.4 Å². The van der Waals surface area contributed by atoms with Gasteiger partial charge in [0.1, 0.15) is 18.0 Å². The molecule has 15 heavy (non-hydrogen) atoms. The Bertz CT molecular complexity index is 472. The predicted octanol–water partition coefficient (Wildman–Crippen LogP) is 1.57. The molecule has 0 saturated carbocycles. The molecule has 0 unspecified atom stereocenters. The minimum Gasteiger partial charge on any atom is -0.308 e. The zero-order chi connectivity index (χ0) is 10.7. The Kier molecular flexibility index (Phi) is 2.55. The van der Waals surface area contributed by atoms with Gasteiger partial charge in [-0.25, -0.2) is 20.2 Å². The van der Waals surface area contributed by atoms with Gasteiger partial charge in [0.15, 0.2) is 0 Å². The van der Waals surface area contributed by atoms with E-state index in [-0.39, 0.29) is 5.82 Å².